The van der Waals surface area contributed by atoms with Crippen LogP contribution in [-0.4, -0.2) is 105 Å². The average Bonchev–Trinajstić information content (AvgIpc) is 3.63. The first-order valence-corrected chi connectivity index (χ1v) is 20.3. The molecule has 15 nitrogen and oxygen atoms in total. The molecule has 2 aliphatic heterocycles. The quantitative estimate of drug-likeness (QED) is 0.131. The van der Waals surface area contributed by atoms with E-state index in [1.54, 1.807) is 38.5 Å². The topological polar surface area (TPSA) is 168 Å². The zero-order valence-corrected chi connectivity index (χ0v) is 36.1. The summed E-state index contributed by atoms with van der Waals surface area (Å²) >= 11 is 17.2. The number of carbonyl (C=O) groups is 2. The van der Waals surface area contributed by atoms with E-state index in [-0.39, 0.29) is 45.9 Å². The number of esters is 2. The van der Waals surface area contributed by atoms with Gasteiger partial charge in [0.15, 0.2) is 11.5 Å². The molecule has 2 fully saturated rings. The number of hydrogen-bond acceptors (Lipinski definition) is 14. The van der Waals surface area contributed by atoms with Crippen molar-refractivity contribution in [2.45, 2.75) is 37.5 Å². The Morgan fingerprint density at radius 1 is 0.850 bits per heavy atom. The molecular formula is C42H45Cl3N6O9. The van der Waals surface area contributed by atoms with Gasteiger partial charge in [0.2, 0.25) is 22.3 Å². The molecule has 3 aromatic carbocycles. The highest BCUT2D eigenvalue weighted by atomic mass is 35.5. The van der Waals surface area contributed by atoms with E-state index in [0.29, 0.717) is 34.4 Å². The van der Waals surface area contributed by atoms with Gasteiger partial charge < -0.3 is 43.5 Å². The number of anilines is 2. The summed E-state index contributed by atoms with van der Waals surface area (Å²) < 4.78 is 39.1. The summed E-state index contributed by atoms with van der Waals surface area (Å²) in [4.78, 5) is 44.5. The van der Waals surface area contributed by atoms with Gasteiger partial charge in [0.25, 0.3) is 0 Å². The van der Waals surface area contributed by atoms with E-state index >= 15 is 0 Å². The van der Waals surface area contributed by atoms with E-state index in [4.69, 9.17) is 68.0 Å². The minimum Gasteiger partial charge on any atom is -0.497 e. The summed E-state index contributed by atoms with van der Waals surface area (Å²) in [5.41, 5.74) is 4.50. The molecule has 2 N–H and O–H groups in total. The highest BCUT2D eigenvalue weighted by molar-refractivity contribution is 6.33. The van der Waals surface area contributed by atoms with Gasteiger partial charge in [0.05, 0.1) is 63.8 Å². The number of methoxy groups -OCH3 is 6. The smallest absolute Gasteiger partial charge is 0.338 e. The lowest BCUT2D eigenvalue weighted by atomic mass is 9.63. The molecule has 0 unspecified atom stereocenters. The number of H-pyrrole nitrogens is 1. The number of fused-ring (bicyclic) bond motifs is 6. The number of nitrogens with zero attached hydrogens (tertiary/aromatic N) is 4. The molecular weight excluding hydrogens is 839 g/mol. The first kappa shape index (κ1) is 43.0. The predicted molar refractivity (Wildman–Crippen MR) is 225 cm³/mol. The lowest BCUT2D eigenvalue weighted by molar-refractivity contribution is -0.176. The van der Waals surface area contributed by atoms with Crippen molar-refractivity contribution in [2.75, 3.05) is 61.1 Å². The molecule has 6 atom stereocenters. The Hall–Kier alpha value is -5.06. The van der Waals surface area contributed by atoms with Gasteiger partial charge in [0.1, 0.15) is 18.0 Å². The second kappa shape index (κ2) is 18.7. The lowest BCUT2D eigenvalue weighted by Crippen LogP contribution is -2.58. The summed E-state index contributed by atoms with van der Waals surface area (Å²) in [6, 6.07) is 16.6. The monoisotopic (exact) mass is 882 g/mol. The van der Waals surface area contributed by atoms with Crippen LogP contribution in [-0.2, 0) is 25.4 Å². The molecule has 318 valence electrons. The number of piperidine rings is 1. The molecule has 0 bridgehead atoms. The predicted octanol–water partition coefficient (Wildman–Crippen LogP) is 7.75. The van der Waals surface area contributed by atoms with Crippen LogP contribution in [0.1, 0.15) is 40.5 Å². The summed E-state index contributed by atoms with van der Waals surface area (Å²) in [6.07, 6.45) is 0.920. The SMILES string of the molecule is COC(=O)[C@H]1[C@H]2C[C@@H]3c4[nH]c5cc(OC)ccc5c4CCN3C[C@H]2C[C@@H](OC(=O)c2cc(OC)c(OC)c(OC)c2)[C@@H]1OC.Clc1nc(Cl)nc(Nc2ccccc2Cl)n1. The fourth-order valence-electron chi connectivity index (χ4n) is 8.83. The Bertz CT molecular complexity index is 2320. The van der Waals surface area contributed by atoms with Crippen LogP contribution < -0.4 is 24.3 Å². The van der Waals surface area contributed by atoms with Gasteiger partial charge in [-0.1, -0.05) is 23.7 Å². The molecule has 60 heavy (non-hydrogen) atoms. The van der Waals surface area contributed by atoms with Crippen molar-refractivity contribution in [1.29, 1.82) is 0 Å². The largest absolute Gasteiger partial charge is 0.497 e. The van der Waals surface area contributed by atoms with Gasteiger partial charge in [-0.3, -0.25) is 9.69 Å². The molecule has 8 rings (SSSR count). The molecule has 1 saturated heterocycles. The summed E-state index contributed by atoms with van der Waals surface area (Å²) in [7, 11) is 9.10. The minimum absolute atomic E-state index is 0.0170. The summed E-state index contributed by atoms with van der Waals surface area (Å²) in [5, 5.41) is 4.70. The fraction of sp³-hybridized carbons (Fsp3) is 0.405. The van der Waals surface area contributed by atoms with Crippen molar-refractivity contribution in [3.8, 4) is 23.0 Å². The van der Waals surface area contributed by atoms with E-state index in [9.17, 15) is 9.59 Å². The molecule has 4 heterocycles. The van der Waals surface area contributed by atoms with E-state index in [1.807, 2.05) is 24.3 Å². The number of nitrogens with one attached hydrogen (secondary N) is 2. The second-order valence-electron chi connectivity index (χ2n) is 14.5. The third-order valence-electron chi connectivity index (χ3n) is 11.5. The standard InChI is InChI=1S/C33H40N2O9.C9H5Cl3N4/c1-38-19-7-8-20-21-9-10-35-16-18-13-27(44-32(36)17-11-25(39-2)30(41-4)26(12-17)40-3)31(42-5)28(33(37)43-6)22(18)15-24(35)29(21)34-23(20)14-19;10-5-3-1-2-4-6(5)13-9-15-7(11)14-8(12)16-9/h7-8,11-12,14,18,22,24,27-28,31,34H,9-10,13,15-16H2,1-6H3;1-4H,(H,13,14,15,16)/t18-,22+,24-,27-,28+,31+;/m1./s1. The molecule has 2 aromatic heterocycles. The number of ether oxygens (including phenoxy) is 7. The van der Waals surface area contributed by atoms with Crippen LogP contribution in [0.2, 0.25) is 15.6 Å². The number of aromatic amines is 1. The Kier molecular flexibility index (Phi) is 13.4. The lowest BCUT2D eigenvalue weighted by Gasteiger charge is -2.52. The van der Waals surface area contributed by atoms with Crippen LogP contribution in [0, 0.1) is 17.8 Å². The molecule has 0 amide bonds. The van der Waals surface area contributed by atoms with Gasteiger partial charge >= 0.3 is 11.9 Å². The van der Waals surface area contributed by atoms with Crippen molar-refractivity contribution >= 4 is 69.3 Å². The Morgan fingerprint density at radius 2 is 1.57 bits per heavy atom. The van der Waals surface area contributed by atoms with Crippen molar-refractivity contribution < 1.29 is 42.7 Å². The van der Waals surface area contributed by atoms with E-state index < -0.39 is 24.1 Å². The van der Waals surface area contributed by atoms with Gasteiger partial charge in [0, 0.05) is 42.9 Å². The van der Waals surface area contributed by atoms with Gasteiger partial charge in [-0.05, 0) is 96.3 Å². The van der Waals surface area contributed by atoms with Crippen molar-refractivity contribution in [3.05, 3.63) is 87.0 Å². The number of para-hydroxylation sites is 1. The highest BCUT2D eigenvalue weighted by Gasteiger charge is 2.54. The number of aromatic nitrogens is 4. The van der Waals surface area contributed by atoms with Crippen LogP contribution in [0.25, 0.3) is 10.9 Å². The maximum absolute atomic E-state index is 13.5. The normalized spacial score (nSPS) is 21.9. The zero-order valence-electron chi connectivity index (χ0n) is 33.8. The Balaban J connectivity index is 0.000000285. The van der Waals surface area contributed by atoms with E-state index in [1.165, 1.54) is 45.1 Å². The maximum Gasteiger partial charge on any atom is 0.338 e. The maximum atomic E-state index is 13.5. The summed E-state index contributed by atoms with van der Waals surface area (Å²) in [5.74, 6) is 0.689. The molecule has 18 heteroatoms. The van der Waals surface area contributed by atoms with E-state index in [2.05, 4.69) is 36.2 Å². The van der Waals surface area contributed by atoms with Crippen LogP contribution in [0.3, 0.4) is 0 Å². The first-order chi connectivity index (χ1) is 29.0. The Morgan fingerprint density at radius 3 is 2.20 bits per heavy atom. The van der Waals surface area contributed by atoms with Gasteiger partial charge in [-0.2, -0.15) is 15.0 Å². The molecule has 1 saturated carbocycles. The minimum atomic E-state index is -0.670. The third kappa shape index (κ3) is 8.73. The molecule has 0 radical (unpaired) electrons. The average molecular weight is 884 g/mol. The van der Waals surface area contributed by atoms with Crippen molar-refractivity contribution in [1.82, 2.24) is 24.8 Å². The van der Waals surface area contributed by atoms with Gasteiger partial charge in [-0.25, -0.2) is 4.79 Å². The molecule has 1 aliphatic carbocycles. The molecule has 5 aromatic rings. The zero-order chi connectivity index (χ0) is 42.7. The van der Waals surface area contributed by atoms with Gasteiger partial charge in [-0.15, -0.1) is 0 Å². The van der Waals surface area contributed by atoms with Crippen molar-refractivity contribution in [2.24, 2.45) is 17.8 Å². The van der Waals surface area contributed by atoms with Crippen LogP contribution in [0.15, 0.2) is 54.6 Å². The molecule has 0 spiro atoms. The van der Waals surface area contributed by atoms with Crippen molar-refractivity contribution in [3.63, 3.8) is 0 Å². The number of carbonyl (C=O) groups excluding carboxylic acids is 2. The Labute approximate surface area is 361 Å². The summed E-state index contributed by atoms with van der Waals surface area (Å²) in [6.45, 7) is 1.68. The molecule has 3 aliphatic rings. The fourth-order valence-corrected chi connectivity index (χ4v) is 9.37. The van der Waals surface area contributed by atoms with Crippen LogP contribution in [0.5, 0.6) is 23.0 Å². The van der Waals surface area contributed by atoms with E-state index in [0.717, 1.165) is 37.2 Å². The number of halogens is 3. The van der Waals surface area contributed by atoms with Crippen LogP contribution >= 0.6 is 34.8 Å². The number of rotatable bonds is 10. The first-order valence-electron chi connectivity index (χ1n) is 19.1. The highest BCUT2D eigenvalue weighted by Crippen LogP contribution is 2.51. The number of hydrogen-bond donors (Lipinski definition) is 2. The second-order valence-corrected chi connectivity index (χ2v) is 15.6. The number of benzene rings is 3. The van der Waals surface area contributed by atoms with Crippen LogP contribution in [0.4, 0.5) is 11.6 Å². The third-order valence-corrected chi connectivity index (χ3v) is 12.1.